The van der Waals surface area contributed by atoms with Gasteiger partial charge in [0.05, 0.1) is 18.7 Å². The zero-order chi connectivity index (χ0) is 20.1. The fourth-order valence-corrected chi connectivity index (χ4v) is 3.04. The number of halogens is 3. The highest BCUT2D eigenvalue weighted by molar-refractivity contribution is 5.97. The third-order valence-corrected chi connectivity index (χ3v) is 4.27. The Morgan fingerprint density at radius 2 is 2.00 bits per heavy atom. The van der Waals surface area contributed by atoms with E-state index in [1.807, 2.05) is 0 Å². The Kier molecular flexibility index (Phi) is 4.48. The number of rotatable bonds is 4. The molecule has 2 aromatic heterocycles. The molecule has 0 aromatic carbocycles. The van der Waals surface area contributed by atoms with Gasteiger partial charge in [-0.1, -0.05) is 0 Å². The van der Waals surface area contributed by atoms with E-state index in [0.29, 0.717) is 10.6 Å². The minimum Gasteiger partial charge on any atom is -0.465 e. The lowest BCUT2D eigenvalue weighted by Crippen LogP contribution is -2.32. The molecular formula is C16H17F3N4O4. The van der Waals surface area contributed by atoms with Crippen LogP contribution in [0.4, 0.5) is 13.2 Å². The maximum absolute atomic E-state index is 13.1. The summed E-state index contributed by atoms with van der Waals surface area (Å²) in [5, 5.41) is 3.35. The number of fused-ring (bicyclic) bond motifs is 2. The zero-order valence-corrected chi connectivity index (χ0v) is 14.8. The van der Waals surface area contributed by atoms with E-state index < -0.39 is 35.9 Å². The summed E-state index contributed by atoms with van der Waals surface area (Å²) < 4.78 is 45.7. The van der Waals surface area contributed by atoms with Gasteiger partial charge in [-0.2, -0.15) is 22.8 Å². The van der Waals surface area contributed by atoms with E-state index in [-0.39, 0.29) is 36.1 Å². The molecule has 0 fully saturated rings. The summed E-state index contributed by atoms with van der Waals surface area (Å²) >= 11 is 0. The van der Waals surface area contributed by atoms with Crippen LogP contribution in [0.3, 0.4) is 0 Å². The zero-order valence-electron chi connectivity index (χ0n) is 14.8. The van der Waals surface area contributed by atoms with Gasteiger partial charge in [0.1, 0.15) is 17.9 Å². The fourth-order valence-electron chi connectivity index (χ4n) is 3.04. The van der Waals surface area contributed by atoms with Crippen LogP contribution < -0.4 is 5.56 Å². The monoisotopic (exact) mass is 386 g/mol. The van der Waals surface area contributed by atoms with E-state index in [1.54, 1.807) is 20.8 Å². The predicted octanol–water partition coefficient (Wildman–Crippen LogP) is 1.44. The van der Waals surface area contributed by atoms with E-state index in [9.17, 15) is 27.6 Å². The Hall–Kier alpha value is -2.85. The average molecular weight is 386 g/mol. The van der Waals surface area contributed by atoms with E-state index >= 15 is 0 Å². The lowest BCUT2D eigenvalue weighted by Gasteiger charge is -2.20. The molecule has 1 aliphatic heterocycles. The van der Waals surface area contributed by atoms with E-state index in [0.717, 1.165) is 4.57 Å². The van der Waals surface area contributed by atoms with Gasteiger partial charge in [-0.3, -0.25) is 14.4 Å². The number of hydrogen-bond donors (Lipinski definition) is 0. The van der Waals surface area contributed by atoms with Crippen molar-refractivity contribution in [1.82, 2.24) is 19.1 Å². The largest absolute Gasteiger partial charge is 0.465 e. The second-order valence-corrected chi connectivity index (χ2v) is 6.35. The lowest BCUT2D eigenvalue weighted by atomic mass is 10.2. The minimum absolute atomic E-state index is 0.00215. The number of amides is 1. The van der Waals surface area contributed by atoms with Gasteiger partial charge in [0.25, 0.3) is 11.5 Å². The van der Waals surface area contributed by atoms with Crippen molar-refractivity contribution < 1.29 is 27.5 Å². The quantitative estimate of drug-likeness (QED) is 0.743. The third-order valence-electron chi connectivity index (χ3n) is 4.27. The van der Waals surface area contributed by atoms with Crippen LogP contribution in [-0.2, 0) is 28.8 Å². The van der Waals surface area contributed by atoms with Crippen LogP contribution in [0.15, 0.2) is 10.9 Å². The Labute approximate surface area is 151 Å². The summed E-state index contributed by atoms with van der Waals surface area (Å²) in [6.45, 7) is 4.56. The van der Waals surface area contributed by atoms with Crippen LogP contribution in [0.25, 0.3) is 5.65 Å². The molecule has 1 aliphatic rings. The first-order chi connectivity index (χ1) is 12.6. The van der Waals surface area contributed by atoms with Crippen molar-refractivity contribution in [3.8, 4) is 0 Å². The number of aromatic nitrogens is 3. The molecule has 0 saturated heterocycles. The fraction of sp³-hybridized carbons (Fsp3) is 0.500. The second-order valence-electron chi connectivity index (χ2n) is 6.35. The molecule has 0 bridgehead atoms. The van der Waals surface area contributed by atoms with Gasteiger partial charge < -0.3 is 14.2 Å². The van der Waals surface area contributed by atoms with Gasteiger partial charge in [0, 0.05) is 12.1 Å². The first kappa shape index (κ1) is 18.9. The first-order valence-corrected chi connectivity index (χ1v) is 8.25. The van der Waals surface area contributed by atoms with Gasteiger partial charge in [-0.05, 0) is 20.8 Å². The molecule has 0 atom stereocenters. The normalized spacial score (nSPS) is 14.3. The summed E-state index contributed by atoms with van der Waals surface area (Å²) in [6, 6.07) is 0.407. The maximum atomic E-state index is 13.1. The summed E-state index contributed by atoms with van der Waals surface area (Å²) in [5.74, 6) is -1.27. The van der Waals surface area contributed by atoms with Crippen molar-refractivity contribution in [2.45, 2.75) is 46.1 Å². The van der Waals surface area contributed by atoms with Gasteiger partial charge in [-0.25, -0.2) is 0 Å². The highest BCUT2D eigenvalue weighted by Gasteiger charge is 2.39. The van der Waals surface area contributed by atoms with Crippen LogP contribution >= 0.6 is 0 Å². The molecule has 0 saturated carbocycles. The Bertz CT molecular complexity index is 990. The average Bonchev–Trinajstić information content (AvgIpc) is 3.14. The number of esters is 1. The first-order valence-electron chi connectivity index (χ1n) is 8.25. The Balaban J connectivity index is 2.29. The molecule has 3 rings (SSSR count). The molecule has 8 nitrogen and oxygen atoms in total. The van der Waals surface area contributed by atoms with Crippen LogP contribution in [-0.4, -0.2) is 43.6 Å². The highest BCUT2D eigenvalue weighted by atomic mass is 19.4. The minimum atomic E-state index is -4.78. The molecule has 0 unspecified atom stereocenters. The number of carbonyl (C=O) groups excluding carboxylic acids is 2. The molecule has 2 aromatic rings. The molecule has 11 heteroatoms. The number of carbonyl (C=O) groups is 2. The maximum Gasteiger partial charge on any atom is 0.435 e. The Morgan fingerprint density at radius 1 is 1.33 bits per heavy atom. The van der Waals surface area contributed by atoms with E-state index in [2.05, 4.69) is 5.10 Å². The summed E-state index contributed by atoms with van der Waals surface area (Å²) in [4.78, 5) is 38.8. The predicted molar refractivity (Wildman–Crippen MR) is 86.1 cm³/mol. The van der Waals surface area contributed by atoms with Gasteiger partial charge in [0.2, 0.25) is 0 Å². The molecule has 0 radical (unpaired) electrons. The van der Waals surface area contributed by atoms with E-state index in [4.69, 9.17) is 4.74 Å². The van der Waals surface area contributed by atoms with Crippen LogP contribution in [0, 0.1) is 0 Å². The molecule has 0 aliphatic carbocycles. The topological polar surface area (TPSA) is 85.9 Å². The third kappa shape index (κ3) is 3.06. The summed E-state index contributed by atoms with van der Waals surface area (Å²) in [6.07, 6.45) is -4.78. The molecule has 0 spiro atoms. The van der Waals surface area contributed by atoms with Gasteiger partial charge >= 0.3 is 12.1 Å². The van der Waals surface area contributed by atoms with Crippen LogP contribution in [0.1, 0.15) is 42.5 Å². The Morgan fingerprint density at radius 3 is 2.56 bits per heavy atom. The SMILES string of the molecule is CCOC(=O)Cn1c2c(c(=O)n3nc(C(F)(F)F)cc13)CN(C(C)C)C2=O. The molecule has 1 amide bonds. The second kappa shape index (κ2) is 6.39. The van der Waals surface area contributed by atoms with Crippen LogP contribution in [0.2, 0.25) is 0 Å². The summed E-state index contributed by atoms with van der Waals surface area (Å²) in [5.41, 5.74) is -2.50. The van der Waals surface area contributed by atoms with Crippen molar-refractivity contribution in [2.24, 2.45) is 0 Å². The number of ether oxygens (including phenoxy) is 1. The smallest absolute Gasteiger partial charge is 0.435 e. The number of hydrogen-bond acceptors (Lipinski definition) is 5. The van der Waals surface area contributed by atoms with Crippen molar-refractivity contribution >= 4 is 17.5 Å². The number of alkyl halides is 3. The standard InChI is InChI=1S/C16H17F3N4O4/c1-4-27-12(24)7-22-11-5-10(16(17,18)19)20-23(11)14(25)9-6-21(8(2)3)15(26)13(9)22/h5,8H,4,6-7H2,1-3H3. The molecule has 27 heavy (non-hydrogen) atoms. The van der Waals surface area contributed by atoms with Crippen molar-refractivity contribution in [3.05, 3.63) is 33.4 Å². The molecule has 0 N–H and O–H groups in total. The molecule has 3 heterocycles. The number of nitrogens with zero attached hydrogens (tertiary/aromatic N) is 4. The summed E-state index contributed by atoms with van der Waals surface area (Å²) in [7, 11) is 0. The van der Waals surface area contributed by atoms with Gasteiger partial charge in [0.15, 0.2) is 5.69 Å². The molecule has 146 valence electrons. The van der Waals surface area contributed by atoms with Crippen molar-refractivity contribution in [2.75, 3.05) is 6.61 Å². The molecular weight excluding hydrogens is 369 g/mol. The van der Waals surface area contributed by atoms with Crippen molar-refractivity contribution in [3.63, 3.8) is 0 Å². The lowest BCUT2D eigenvalue weighted by molar-refractivity contribution is -0.144. The van der Waals surface area contributed by atoms with Gasteiger partial charge in [-0.15, -0.1) is 0 Å². The van der Waals surface area contributed by atoms with Crippen LogP contribution in [0.5, 0.6) is 0 Å². The highest BCUT2D eigenvalue weighted by Crippen LogP contribution is 2.30. The van der Waals surface area contributed by atoms with Crippen molar-refractivity contribution in [1.29, 1.82) is 0 Å². The van der Waals surface area contributed by atoms with E-state index in [1.165, 1.54) is 4.90 Å².